The van der Waals surface area contributed by atoms with Crippen LogP contribution in [0.15, 0.2) is 18.2 Å². The molecule has 1 aromatic rings. The van der Waals surface area contributed by atoms with Crippen LogP contribution in [0.3, 0.4) is 0 Å². The number of nitrogens with one attached hydrogen (secondary N) is 2. The van der Waals surface area contributed by atoms with E-state index < -0.39 is 0 Å². The van der Waals surface area contributed by atoms with Gasteiger partial charge in [0.1, 0.15) is 0 Å². The van der Waals surface area contributed by atoms with Gasteiger partial charge in [-0.1, -0.05) is 40.2 Å². The molecule has 1 unspecified atom stereocenters. The highest BCUT2D eigenvalue weighted by molar-refractivity contribution is 5.97. The number of carbonyl (C=O) groups is 1. The van der Waals surface area contributed by atoms with Crippen LogP contribution < -0.4 is 10.6 Å². The third-order valence-corrected chi connectivity index (χ3v) is 4.05. The molecule has 0 aliphatic rings. The van der Waals surface area contributed by atoms with Crippen molar-refractivity contribution in [3.8, 4) is 0 Å². The first-order valence-corrected chi connectivity index (χ1v) is 8.51. The molecule has 0 aliphatic heterocycles. The lowest BCUT2D eigenvalue weighted by Gasteiger charge is -2.21. The lowest BCUT2D eigenvalue weighted by atomic mass is 9.96. The Morgan fingerprint density at radius 3 is 2.57 bits per heavy atom. The minimum atomic E-state index is -0.0432. The molecular weight excluding hydrogens is 288 g/mol. The van der Waals surface area contributed by atoms with Crippen LogP contribution in [0.4, 0.5) is 5.69 Å². The van der Waals surface area contributed by atoms with Crippen molar-refractivity contribution in [2.75, 3.05) is 25.0 Å². The zero-order valence-electron chi connectivity index (χ0n) is 15.2. The molecule has 0 saturated heterocycles. The Balaban J connectivity index is 2.74. The van der Waals surface area contributed by atoms with Gasteiger partial charge in [0.25, 0.3) is 5.91 Å². The highest BCUT2D eigenvalue weighted by atomic mass is 16.3. The van der Waals surface area contributed by atoms with Crippen molar-refractivity contribution in [2.45, 2.75) is 47.5 Å². The molecule has 0 saturated carbocycles. The molecule has 0 spiro atoms. The summed E-state index contributed by atoms with van der Waals surface area (Å²) in [5, 5.41) is 15.5. The third-order valence-electron chi connectivity index (χ3n) is 4.05. The molecule has 23 heavy (non-hydrogen) atoms. The van der Waals surface area contributed by atoms with Gasteiger partial charge in [0, 0.05) is 30.9 Å². The van der Waals surface area contributed by atoms with Gasteiger partial charge in [0.15, 0.2) is 0 Å². The molecule has 1 aromatic carbocycles. The number of aliphatic hydroxyl groups excluding tert-OH is 1. The van der Waals surface area contributed by atoms with E-state index in [1.54, 1.807) is 0 Å². The maximum absolute atomic E-state index is 12.4. The lowest BCUT2D eigenvalue weighted by Crippen LogP contribution is -2.30. The van der Waals surface area contributed by atoms with E-state index in [0.717, 1.165) is 30.6 Å². The lowest BCUT2D eigenvalue weighted by molar-refractivity contribution is 0.0943. The summed E-state index contributed by atoms with van der Waals surface area (Å²) in [6.45, 7) is 12.2. The molecule has 0 bridgehead atoms. The summed E-state index contributed by atoms with van der Waals surface area (Å²) in [6, 6.07) is 5.79. The van der Waals surface area contributed by atoms with Crippen molar-refractivity contribution in [3.63, 3.8) is 0 Å². The van der Waals surface area contributed by atoms with Crippen LogP contribution in [-0.2, 0) is 0 Å². The zero-order valence-corrected chi connectivity index (χ0v) is 15.2. The van der Waals surface area contributed by atoms with Crippen LogP contribution in [0.2, 0.25) is 0 Å². The number of amides is 1. The summed E-state index contributed by atoms with van der Waals surface area (Å²) in [6.07, 6.45) is 1.68. The number of anilines is 1. The maximum atomic E-state index is 12.4. The van der Waals surface area contributed by atoms with Crippen molar-refractivity contribution in [3.05, 3.63) is 29.3 Å². The Kier molecular flexibility index (Phi) is 7.56. The predicted octanol–water partition coefficient (Wildman–Crippen LogP) is 3.59. The van der Waals surface area contributed by atoms with Crippen LogP contribution >= 0.6 is 0 Å². The summed E-state index contributed by atoms with van der Waals surface area (Å²) in [5.41, 5.74) is 2.88. The van der Waals surface area contributed by atoms with Gasteiger partial charge in [0.2, 0.25) is 0 Å². The highest BCUT2D eigenvalue weighted by Gasteiger charge is 2.15. The second-order valence-corrected chi connectivity index (χ2v) is 7.39. The summed E-state index contributed by atoms with van der Waals surface area (Å²) < 4.78 is 0. The second-order valence-electron chi connectivity index (χ2n) is 7.39. The second kappa shape index (κ2) is 8.92. The first-order valence-electron chi connectivity index (χ1n) is 8.51. The van der Waals surface area contributed by atoms with Gasteiger partial charge >= 0.3 is 0 Å². The summed E-state index contributed by atoms with van der Waals surface area (Å²) in [7, 11) is 0. The smallest absolute Gasteiger partial charge is 0.251 e. The minimum absolute atomic E-state index is 0.0432. The molecule has 130 valence electrons. The SMILES string of the molecule is CCC(CCO)CNC(=O)c1cccc(NCC(C)(C)C)c1C. The number of hydrogen-bond acceptors (Lipinski definition) is 3. The van der Waals surface area contributed by atoms with Gasteiger partial charge < -0.3 is 15.7 Å². The summed E-state index contributed by atoms with van der Waals surface area (Å²) in [4.78, 5) is 12.4. The molecule has 1 rings (SSSR count). The Bertz CT molecular complexity index is 507. The van der Waals surface area contributed by atoms with Gasteiger partial charge in [0.05, 0.1) is 0 Å². The number of benzene rings is 1. The Labute approximate surface area is 140 Å². The standard InChI is InChI=1S/C19H32N2O2/c1-6-15(10-11-22)12-20-18(23)16-8-7-9-17(14(16)2)21-13-19(3,4)5/h7-9,15,21-22H,6,10-13H2,1-5H3,(H,20,23). The van der Waals surface area contributed by atoms with Gasteiger partial charge in [-0.3, -0.25) is 4.79 Å². The molecule has 0 aromatic heterocycles. The third kappa shape index (κ3) is 6.61. The van der Waals surface area contributed by atoms with E-state index in [1.807, 2.05) is 25.1 Å². The number of carbonyl (C=O) groups excluding carboxylic acids is 1. The normalized spacial score (nSPS) is 12.8. The Hall–Kier alpha value is -1.55. The van der Waals surface area contributed by atoms with Crippen molar-refractivity contribution in [2.24, 2.45) is 11.3 Å². The first kappa shape index (κ1) is 19.5. The van der Waals surface area contributed by atoms with Crippen LogP contribution in [0, 0.1) is 18.3 Å². The highest BCUT2D eigenvalue weighted by Crippen LogP contribution is 2.21. The molecule has 3 N–H and O–H groups in total. The average Bonchev–Trinajstić information content (AvgIpc) is 2.49. The number of rotatable bonds is 8. The van der Waals surface area contributed by atoms with E-state index in [1.165, 1.54) is 0 Å². The predicted molar refractivity (Wildman–Crippen MR) is 96.9 cm³/mol. The molecular formula is C19H32N2O2. The van der Waals surface area contributed by atoms with Crippen molar-refractivity contribution in [1.29, 1.82) is 0 Å². The molecule has 0 aliphatic carbocycles. The monoisotopic (exact) mass is 320 g/mol. The van der Waals surface area contributed by atoms with Crippen LogP contribution in [-0.4, -0.2) is 30.7 Å². The molecule has 4 nitrogen and oxygen atoms in total. The van der Waals surface area contributed by atoms with E-state index in [0.29, 0.717) is 18.0 Å². The molecule has 4 heteroatoms. The van der Waals surface area contributed by atoms with Gasteiger partial charge in [-0.15, -0.1) is 0 Å². The molecule has 0 heterocycles. The van der Waals surface area contributed by atoms with Crippen LogP contribution in [0.5, 0.6) is 0 Å². The van der Waals surface area contributed by atoms with E-state index in [4.69, 9.17) is 5.11 Å². The summed E-state index contributed by atoms with van der Waals surface area (Å²) in [5.74, 6) is 0.282. The summed E-state index contributed by atoms with van der Waals surface area (Å²) >= 11 is 0. The largest absolute Gasteiger partial charge is 0.396 e. The fraction of sp³-hybridized carbons (Fsp3) is 0.632. The molecule has 1 amide bonds. The molecule has 0 fully saturated rings. The number of aliphatic hydroxyl groups is 1. The quantitative estimate of drug-likeness (QED) is 0.686. The van der Waals surface area contributed by atoms with Crippen molar-refractivity contribution in [1.82, 2.24) is 5.32 Å². The molecule has 1 atom stereocenters. The minimum Gasteiger partial charge on any atom is -0.396 e. The van der Waals surface area contributed by atoms with Gasteiger partial charge in [-0.05, 0) is 42.4 Å². The van der Waals surface area contributed by atoms with Crippen molar-refractivity contribution >= 4 is 11.6 Å². The number of hydrogen-bond donors (Lipinski definition) is 3. The van der Waals surface area contributed by atoms with E-state index in [-0.39, 0.29) is 17.9 Å². The fourth-order valence-electron chi connectivity index (χ4n) is 2.40. The van der Waals surface area contributed by atoms with Crippen molar-refractivity contribution < 1.29 is 9.90 Å². The van der Waals surface area contributed by atoms with Crippen LogP contribution in [0.25, 0.3) is 0 Å². The Morgan fingerprint density at radius 2 is 2.00 bits per heavy atom. The van der Waals surface area contributed by atoms with Gasteiger partial charge in [-0.2, -0.15) is 0 Å². The zero-order chi connectivity index (χ0) is 17.5. The molecule has 0 radical (unpaired) electrons. The van der Waals surface area contributed by atoms with E-state index in [2.05, 4.69) is 38.3 Å². The Morgan fingerprint density at radius 1 is 1.30 bits per heavy atom. The fourth-order valence-corrected chi connectivity index (χ4v) is 2.40. The first-order chi connectivity index (χ1) is 10.8. The topological polar surface area (TPSA) is 61.4 Å². The van der Waals surface area contributed by atoms with Crippen LogP contribution in [0.1, 0.15) is 56.5 Å². The van der Waals surface area contributed by atoms with E-state index >= 15 is 0 Å². The maximum Gasteiger partial charge on any atom is 0.251 e. The van der Waals surface area contributed by atoms with E-state index in [9.17, 15) is 4.79 Å². The van der Waals surface area contributed by atoms with Gasteiger partial charge in [-0.25, -0.2) is 0 Å². The average molecular weight is 320 g/mol.